The Balaban J connectivity index is 1.74. The van der Waals surface area contributed by atoms with Crippen molar-refractivity contribution in [1.82, 2.24) is 19.5 Å². The molecule has 0 spiro atoms. The van der Waals surface area contributed by atoms with Gasteiger partial charge in [-0.2, -0.15) is 4.98 Å². The van der Waals surface area contributed by atoms with Gasteiger partial charge in [0.1, 0.15) is 5.82 Å². The maximum absolute atomic E-state index is 4.51. The lowest BCUT2D eigenvalue weighted by Gasteiger charge is -2.10. The van der Waals surface area contributed by atoms with E-state index < -0.39 is 0 Å². The zero-order valence-corrected chi connectivity index (χ0v) is 12.8. The normalized spacial score (nSPS) is 10.6. The average Bonchev–Trinajstić information content (AvgIpc) is 3.00. The molecule has 0 bridgehead atoms. The van der Waals surface area contributed by atoms with Gasteiger partial charge in [-0.05, 0) is 26.2 Å². The number of nitrogens with zero attached hydrogens (tertiary/aromatic N) is 4. The molecule has 0 aliphatic rings. The number of aryl methyl sites for hydroxylation is 2. The first-order valence-electron chi connectivity index (χ1n) is 7.56. The predicted octanol–water partition coefficient (Wildman–Crippen LogP) is 2.70. The summed E-state index contributed by atoms with van der Waals surface area (Å²) in [5.74, 6) is 1.62. The van der Waals surface area contributed by atoms with Crippen LogP contribution in [0.25, 0.3) is 0 Å². The number of hydrogen-bond donors (Lipinski definition) is 2. The molecule has 0 fully saturated rings. The van der Waals surface area contributed by atoms with Crippen LogP contribution in [-0.4, -0.2) is 32.6 Å². The minimum atomic E-state index is 0.698. The van der Waals surface area contributed by atoms with Gasteiger partial charge in [0.05, 0.1) is 6.33 Å². The van der Waals surface area contributed by atoms with E-state index in [1.807, 2.05) is 31.8 Å². The van der Waals surface area contributed by atoms with Crippen molar-refractivity contribution in [3.05, 3.63) is 30.5 Å². The molecule has 2 aromatic rings. The van der Waals surface area contributed by atoms with E-state index in [2.05, 4.69) is 37.1 Å². The van der Waals surface area contributed by atoms with E-state index in [0.717, 1.165) is 50.3 Å². The van der Waals surface area contributed by atoms with Gasteiger partial charge in [-0.1, -0.05) is 6.92 Å². The maximum Gasteiger partial charge on any atom is 0.224 e. The Labute approximate surface area is 126 Å². The molecule has 0 atom stereocenters. The van der Waals surface area contributed by atoms with Gasteiger partial charge in [-0.15, -0.1) is 0 Å². The molecule has 2 N–H and O–H groups in total. The van der Waals surface area contributed by atoms with Gasteiger partial charge in [-0.25, -0.2) is 9.97 Å². The van der Waals surface area contributed by atoms with E-state index in [9.17, 15) is 0 Å². The van der Waals surface area contributed by atoms with Gasteiger partial charge < -0.3 is 15.2 Å². The van der Waals surface area contributed by atoms with Crippen LogP contribution in [0.5, 0.6) is 0 Å². The molecule has 0 aliphatic carbocycles. The number of anilines is 2. The number of unbranched alkanes of at least 4 members (excludes halogenated alkanes) is 1. The Morgan fingerprint density at radius 2 is 2.10 bits per heavy atom. The predicted molar refractivity (Wildman–Crippen MR) is 85.5 cm³/mol. The minimum Gasteiger partial charge on any atom is -0.370 e. The number of hydrogen-bond acceptors (Lipinski definition) is 5. The Kier molecular flexibility index (Phi) is 5.99. The van der Waals surface area contributed by atoms with E-state index in [1.54, 1.807) is 0 Å². The number of rotatable bonds is 9. The zero-order chi connectivity index (χ0) is 14.9. The second-order valence-corrected chi connectivity index (χ2v) is 5.09. The summed E-state index contributed by atoms with van der Waals surface area (Å²) in [4.78, 5) is 12.8. The third-order valence-corrected chi connectivity index (χ3v) is 3.20. The van der Waals surface area contributed by atoms with E-state index in [1.165, 1.54) is 0 Å². The quantitative estimate of drug-likeness (QED) is 0.694. The van der Waals surface area contributed by atoms with Crippen LogP contribution >= 0.6 is 0 Å². The fourth-order valence-corrected chi connectivity index (χ4v) is 1.99. The van der Waals surface area contributed by atoms with Gasteiger partial charge in [0, 0.05) is 43.8 Å². The lowest BCUT2D eigenvalue weighted by Crippen LogP contribution is -2.10. The molecular formula is C15H24N6. The van der Waals surface area contributed by atoms with Crippen LogP contribution in [0.2, 0.25) is 0 Å². The second kappa shape index (κ2) is 8.24. The van der Waals surface area contributed by atoms with Crippen molar-refractivity contribution in [1.29, 1.82) is 0 Å². The summed E-state index contributed by atoms with van der Waals surface area (Å²) in [5.41, 5.74) is 1.08. The van der Waals surface area contributed by atoms with Gasteiger partial charge in [0.15, 0.2) is 0 Å². The summed E-state index contributed by atoms with van der Waals surface area (Å²) in [7, 11) is 0. The fourth-order valence-electron chi connectivity index (χ4n) is 1.99. The largest absolute Gasteiger partial charge is 0.370 e. The summed E-state index contributed by atoms with van der Waals surface area (Å²) < 4.78 is 2.10. The van der Waals surface area contributed by atoms with Crippen LogP contribution in [0, 0.1) is 6.92 Å². The standard InChI is InChI=1S/C15H24N6/c1-3-6-18-15-19-11-13(2)14(20-15)17-7-4-5-9-21-10-8-16-12-21/h8,10-12H,3-7,9H2,1-2H3,(H2,17,18,19,20). The highest BCUT2D eigenvalue weighted by Crippen LogP contribution is 2.12. The molecule has 114 valence electrons. The van der Waals surface area contributed by atoms with Crippen molar-refractivity contribution in [2.24, 2.45) is 0 Å². The van der Waals surface area contributed by atoms with E-state index in [4.69, 9.17) is 0 Å². The molecule has 2 aromatic heterocycles. The molecule has 0 amide bonds. The number of imidazole rings is 1. The highest BCUT2D eigenvalue weighted by molar-refractivity contribution is 5.46. The van der Waals surface area contributed by atoms with Crippen LogP contribution in [0.3, 0.4) is 0 Å². The first-order valence-corrected chi connectivity index (χ1v) is 7.56. The van der Waals surface area contributed by atoms with Crippen LogP contribution in [0.1, 0.15) is 31.7 Å². The van der Waals surface area contributed by atoms with E-state index >= 15 is 0 Å². The molecule has 0 aliphatic heterocycles. The van der Waals surface area contributed by atoms with E-state index in [0.29, 0.717) is 5.95 Å². The third-order valence-electron chi connectivity index (χ3n) is 3.20. The van der Waals surface area contributed by atoms with Gasteiger partial charge in [0.2, 0.25) is 5.95 Å². The Morgan fingerprint density at radius 3 is 2.86 bits per heavy atom. The first kappa shape index (κ1) is 15.3. The third kappa shape index (κ3) is 5.06. The van der Waals surface area contributed by atoms with Crippen LogP contribution < -0.4 is 10.6 Å². The molecule has 0 unspecified atom stereocenters. The fraction of sp³-hybridized carbons (Fsp3) is 0.533. The average molecular weight is 288 g/mol. The summed E-state index contributed by atoms with van der Waals surface area (Å²) in [6.07, 6.45) is 10.8. The number of aromatic nitrogens is 4. The van der Waals surface area contributed by atoms with Crippen LogP contribution in [0.4, 0.5) is 11.8 Å². The molecule has 0 radical (unpaired) electrons. The molecule has 2 rings (SSSR count). The van der Waals surface area contributed by atoms with Crippen molar-refractivity contribution in [3.63, 3.8) is 0 Å². The van der Waals surface area contributed by atoms with Crippen LogP contribution in [-0.2, 0) is 6.54 Å². The van der Waals surface area contributed by atoms with Crippen molar-refractivity contribution >= 4 is 11.8 Å². The zero-order valence-electron chi connectivity index (χ0n) is 12.8. The molecule has 0 saturated heterocycles. The van der Waals surface area contributed by atoms with Crippen molar-refractivity contribution in [2.45, 2.75) is 39.7 Å². The molecule has 0 aromatic carbocycles. The summed E-state index contributed by atoms with van der Waals surface area (Å²) in [6.45, 7) is 6.97. The molecule has 6 heteroatoms. The van der Waals surface area contributed by atoms with E-state index in [-0.39, 0.29) is 0 Å². The Bertz CT molecular complexity index is 523. The first-order chi connectivity index (χ1) is 10.3. The molecule has 21 heavy (non-hydrogen) atoms. The second-order valence-electron chi connectivity index (χ2n) is 5.09. The summed E-state index contributed by atoms with van der Waals surface area (Å²) in [6, 6.07) is 0. The van der Waals surface area contributed by atoms with Gasteiger partial charge in [-0.3, -0.25) is 0 Å². The van der Waals surface area contributed by atoms with Gasteiger partial charge in [0.25, 0.3) is 0 Å². The topological polar surface area (TPSA) is 67.7 Å². The lowest BCUT2D eigenvalue weighted by atomic mass is 10.3. The van der Waals surface area contributed by atoms with Crippen molar-refractivity contribution in [3.8, 4) is 0 Å². The molecule has 0 saturated carbocycles. The van der Waals surface area contributed by atoms with Gasteiger partial charge >= 0.3 is 0 Å². The van der Waals surface area contributed by atoms with Crippen LogP contribution in [0.15, 0.2) is 24.9 Å². The monoisotopic (exact) mass is 288 g/mol. The molecule has 6 nitrogen and oxygen atoms in total. The minimum absolute atomic E-state index is 0.698. The SMILES string of the molecule is CCCNc1ncc(C)c(NCCCCn2ccnc2)n1. The smallest absolute Gasteiger partial charge is 0.224 e. The summed E-state index contributed by atoms with van der Waals surface area (Å²) >= 11 is 0. The van der Waals surface area contributed by atoms with Crippen molar-refractivity contribution < 1.29 is 0 Å². The maximum atomic E-state index is 4.51. The number of nitrogens with one attached hydrogen (secondary N) is 2. The lowest BCUT2D eigenvalue weighted by molar-refractivity contribution is 0.620. The highest BCUT2D eigenvalue weighted by Gasteiger charge is 2.02. The molecular weight excluding hydrogens is 264 g/mol. The van der Waals surface area contributed by atoms with Crippen molar-refractivity contribution in [2.75, 3.05) is 23.7 Å². The highest BCUT2D eigenvalue weighted by atomic mass is 15.1. The molecule has 2 heterocycles. The Morgan fingerprint density at radius 1 is 1.19 bits per heavy atom. The summed E-state index contributed by atoms with van der Waals surface area (Å²) in [5, 5.41) is 6.60. The Hall–Kier alpha value is -2.11.